The predicted molar refractivity (Wildman–Crippen MR) is 124 cm³/mol. The highest BCUT2D eigenvalue weighted by molar-refractivity contribution is 7.92. The number of amides is 1. The van der Waals surface area contributed by atoms with E-state index in [2.05, 4.69) is 10.5 Å². The number of carbonyl (C=O) groups is 1. The van der Waals surface area contributed by atoms with Crippen LogP contribution in [0.2, 0.25) is 5.02 Å². The molecule has 3 rings (SSSR count). The topological polar surface area (TPSA) is 78.8 Å². The molecule has 3 aromatic carbocycles. The lowest BCUT2D eigenvalue weighted by molar-refractivity contribution is -0.119. The minimum atomic E-state index is -3.97. The number of rotatable bonds is 7. The van der Waals surface area contributed by atoms with Gasteiger partial charge in [0, 0.05) is 10.6 Å². The zero-order valence-corrected chi connectivity index (χ0v) is 18.7. The number of sulfonamides is 1. The normalized spacial score (nSPS) is 11.5. The number of anilines is 1. The number of hydrazone groups is 1. The zero-order chi connectivity index (χ0) is 22.4. The van der Waals surface area contributed by atoms with Crippen LogP contribution in [0.15, 0.2) is 82.8 Å². The molecule has 0 saturated carbocycles. The van der Waals surface area contributed by atoms with Gasteiger partial charge < -0.3 is 0 Å². The molecule has 0 bridgehead atoms. The van der Waals surface area contributed by atoms with Crippen LogP contribution in [0.1, 0.15) is 16.7 Å². The molecule has 0 heterocycles. The average Bonchev–Trinajstić information content (AvgIpc) is 2.74. The molecular formula is C23H22ClN3O3S. The van der Waals surface area contributed by atoms with Crippen LogP contribution in [-0.2, 0) is 14.8 Å². The maximum absolute atomic E-state index is 13.4. The van der Waals surface area contributed by atoms with Gasteiger partial charge in [-0.25, -0.2) is 13.8 Å². The molecule has 3 aromatic rings. The summed E-state index contributed by atoms with van der Waals surface area (Å²) >= 11 is 6.07. The van der Waals surface area contributed by atoms with Crippen LogP contribution in [0.5, 0.6) is 0 Å². The first kappa shape index (κ1) is 22.5. The standard InChI is InChI=1S/C23H22ClN3O3S/c1-17-11-13-20(14-12-17)31(29,30)27(22-10-6-3-7-18(22)2)16-23(28)26-25-15-19-8-4-5-9-21(19)24/h3-15H,16H2,1-2H3,(H,26,28)/b25-15-. The van der Waals surface area contributed by atoms with Gasteiger partial charge in [-0.3, -0.25) is 9.10 Å². The van der Waals surface area contributed by atoms with Crippen LogP contribution in [-0.4, -0.2) is 27.1 Å². The summed E-state index contributed by atoms with van der Waals surface area (Å²) in [6, 6.07) is 20.5. The second kappa shape index (κ2) is 9.76. The SMILES string of the molecule is Cc1ccc(S(=O)(=O)N(CC(=O)N/N=C\c2ccccc2Cl)c2ccccc2C)cc1. The number of para-hydroxylation sites is 1. The largest absolute Gasteiger partial charge is 0.271 e. The van der Waals surface area contributed by atoms with Gasteiger partial charge in [0.1, 0.15) is 6.54 Å². The fraction of sp³-hybridized carbons (Fsp3) is 0.130. The predicted octanol–water partition coefficient (Wildman–Crippen LogP) is 4.30. The van der Waals surface area contributed by atoms with Crippen molar-refractivity contribution < 1.29 is 13.2 Å². The van der Waals surface area contributed by atoms with Crippen molar-refractivity contribution in [2.45, 2.75) is 18.7 Å². The molecule has 0 unspecified atom stereocenters. The van der Waals surface area contributed by atoms with Crippen molar-refractivity contribution in [3.8, 4) is 0 Å². The minimum absolute atomic E-state index is 0.105. The molecule has 1 amide bonds. The molecule has 0 radical (unpaired) electrons. The van der Waals surface area contributed by atoms with Crippen molar-refractivity contribution >= 4 is 39.4 Å². The Morgan fingerprint density at radius 3 is 2.32 bits per heavy atom. The number of nitrogens with one attached hydrogen (secondary N) is 1. The van der Waals surface area contributed by atoms with Crippen molar-refractivity contribution in [1.82, 2.24) is 5.43 Å². The number of benzene rings is 3. The Labute approximate surface area is 187 Å². The van der Waals surface area contributed by atoms with E-state index >= 15 is 0 Å². The Morgan fingerprint density at radius 2 is 1.65 bits per heavy atom. The van der Waals surface area contributed by atoms with Gasteiger partial charge in [-0.2, -0.15) is 5.10 Å². The van der Waals surface area contributed by atoms with E-state index in [1.165, 1.54) is 18.3 Å². The van der Waals surface area contributed by atoms with Gasteiger partial charge in [-0.05, 0) is 43.7 Å². The van der Waals surface area contributed by atoms with E-state index in [1.54, 1.807) is 61.5 Å². The van der Waals surface area contributed by atoms with E-state index in [0.717, 1.165) is 15.4 Å². The van der Waals surface area contributed by atoms with Gasteiger partial charge >= 0.3 is 0 Å². The molecule has 0 aliphatic carbocycles. The summed E-state index contributed by atoms with van der Waals surface area (Å²) in [5.74, 6) is -0.581. The van der Waals surface area contributed by atoms with Gasteiger partial charge in [0.05, 0.1) is 16.8 Å². The highest BCUT2D eigenvalue weighted by Gasteiger charge is 2.28. The van der Waals surface area contributed by atoms with Crippen LogP contribution in [0.4, 0.5) is 5.69 Å². The zero-order valence-electron chi connectivity index (χ0n) is 17.1. The summed E-state index contributed by atoms with van der Waals surface area (Å²) in [4.78, 5) is 12.7. The summed E-state index contributed by atoms with van der Waals surface area (Å²) in [6.07, 6.45) is 1.41. The number of aryl methyl sites for hydroxylation is 2. The van der Waals surface area contributed by atoms with Gasteiger partial charge in [0.15, 0.2) is 0 Å². The highest BCUT2D eigenvalue weighted by atomic mass is 35.5. The van der Waals surface area contributed by atoms with Crippen LogP contribution in [0.25, 0.3) is 0 Å². The van der Waals surface area contributed by atoms with Crippen LogP contribution in [0, 0.1) is 13.8 Å². The fourth-order valence-corrected chi connectivity index (χ4v) is 4.57. The first-order valence-corrected chi connectivity index (χ1v) is 11.3. The lowest BCUT2D eigenvalue weighted by Gasteiger charge is -2.25. The number of nitrogens with zero attached hydrogens (tertiary/aromatic N) is 2. The third-order valence-electron chi connectivity index (χ3n) is 4.58. The Bertz CT molecular complexity index is 1210. The molecule has 0 aliphatic heterocycles. The van der Waals surface area contributed by atoms with Crippen molar-refractivity contribution in [1.29, 1.82) is 0 Å². The summed E-state index contributed by atoms with van der Waals surface area (Å²) in [5, 5.41) is 4.40. The first-order valence-electron chi connectivity index (χ1n) is 9.50. The fourth-order valence-electron chi connectivity index (χ4n) is 2.90. The van der Waals surface area contributed by atoms with Gasteiger partial charge in [0.2, 0.25) is 0 Å². The maximum atomic E-state index is 13.4. The van der Waals surface area contributed by atoms with E-state index in [-0.39, 0.29) is 4.90 Å². The number of hydrogen-bond acceptors (Lipinski definition) is 4. The van der Waals surface area contributed by atoms with E-state index in [9.17, 15) is 13.2 Å². The molecule has 0 spiro atoms. The number of hydrogen-bond donors (Lipinski definition) is 1. The van der Waals surface area contributed by atoms with Crippen LogP contribution in [0.3, 0.4) is 0 Å². The van der Waals surface area contributed by atoms with Crippen molar-refractivity contribution in [3.05, 3.63) is 94.5 Å². The molecular weight excluding hydrogens is 434 g/mol. The van der Waals surface area contributed by atoms with E-state index in [0.29, 0.717) is 16.3 Å². The Balaban J connectivity index is 1.87. The molecule has 160 valence electrons. The molecule has 1 N–H and O–H groups in total. The van der Waals surface area contributed by atoms with Crippen molar-refractivity contribution in [2.75, 3.05) is 10.8 Å². The molecule has 31 heavy (non-hydrogen) atoms. The smallest absolute Gasteiger partial charge is 0.264 e. The highest BCUT2D eigenvalue weighted by Crippen LogP contribution is 2.26. The summed E-state index contributed by atoms with van der Waals surface area (Å²) < 4.78 is 27.8. The maximum Gasteiger partial charge on any atom is 0.264 e. The van der Waals surface area contributed by atoms with Crippen LogP contribution >= 0.6 is 11.6 Å². The molecule has 8 heteroatoms. The summed E-state index contributed by atoms with van der Waals surface area (Å²) in [6.45, 7) is 3.24. The molecule has 0 aliphatic rings. The molecule has 6 nitrogen and oxygen atoms in total. The summed E-state index contributed by atoms with van der Waals surface area (Å²) in [7, 11) is -3.97. The number of carbonyl (C=O) groups excluding carboxylic acids is 1. The van der Waals surface area contributed by atoms with Gasteiger partial charge in [-0.15, -0.1) is 0 Å². The second-order valence-electron chi connectivity index (χ2n) is 6.93. The van der Waals surface area contributed by atoms with E-state index in [1.807, 2.05) is 13.0 Å². The van der Waals surface area contributed by atoms with Crippen molar-refractivity contribution in [2.24, 2.45) is 5.10 Å². The lowest BCUT2D eigenvalue weighted by atomic mass is 10.2. The Kier molecular flexibility index (Phi) is 7.09. The van der Waals surface area contributed by atoms with Crippen LogP contribution < -0.4 is 9.73 Å². The van der Waals surface area contributed by atoms with Crippen molar-refractivity contribution in [3.63, 3.8) is 0 Å². The van der Waals surface area contributed by atoms with E-state index < -0.39 is 22.5 Å². The molecule has 0 aromatic heterocycles. The lowest BCUT2D eigenvalue weighted by Crippen LogP contribution is -2.40. The third-order valence-corrected chi connectivity index (χ3v) is 6.70. The second-order valence-corrected chi connectivity index (χ2v) is 9.20. The molecule has 0 saturated heterocycles. The third kappa shape index (κ3) is 5.51. The summed E-state index contributed by atoms with van der Waals surface area (Å²) in [5.41, 5.74) is 5.10. The first-order chi connectivity index (χ1) is 14.8. The minimum Gasteiger partial charge on any atom is -0.271 e. The monoisotopic (exact) mass is 455 g/mol. The number of halogens is 1. The average molecular weight is 456 g/mol. The van der Waals surface area contributed by atoms with E-state index in [4.69, 9.17) is 11.6 Å². The quantitative estimate of drug-likeness (QED) is 0.426. The van der Waals surface area contributed by atoms with Gasteiger partial charge in [0.25, 0.3) is 15.9 Å². The van der Waals surface area contributed by atoms with Gasteiger partial charge in [-0.1, -0.05) is 65.7 Å². The molecule has 0 atom stereocenters. The molecule has 0 fully saturated rings. The Hall–Kier alpha value is -3.16. The Morgan fingerprint density at radius 1 is 1.00 bits per heavy atom.